The number of anilines is 2. The van der Waals surface area contributed by atoms with Gasteiger partial charge in [-0.15, -0.1) is 0 Å². The lowest BCUT2D eigenvalue weighted by atomic mass is 9.88. The summed E-state index contributed by atoms with van der Waals surface area (Å²) in [4.78, 5) is 66.2. The average Bonchev–Trinajstić information content (AvgIpc) is 3.79. The number of rotatable bonds is 7. The molecule has 2 heterocycles. The number of carbonyl (C=O) groups excluding carboxylic acids is 2. The topological polar surface area (TPSA) is 167 Å². The number of fused-ring (bicyclic) bond motifs is 1. The molecule has 2 aliphatic rings. The lowest BCUT2D eigenvalue weighted by molar-refractivity contribution is -0.144. The van der Waals surface area contributed by atoms with Gasteiger partial charge in [0.25, 0.3) is 5.56 Å². The van der Waals surface area contributed by atoms with Gasteiger partial charge in [-0.05, 0) is 75.4 Å². The molecule has 224 valence electrons. The van der Waals surface area contributed by atoms with Crippen LogP contribution in [-0.2, 0) is 16.1 Å². The van der Waals surface area contributed by atoms with E-state index in [1.54, 1.807) is 16.7 Å². The van der Waals surface area contributed by atoms with Crippen molar-refractivity contribution in [2.45, 2.75) is 45.7 Å². The van der Waals surface area contributed by atoms with E-state index in [1.807, 2.05) is 19.9 Å². The third-order valence-electron chi connectivity index (χ3n) is 7.89. The summed E-state index contributed by atoms with van der Waals surface area (Å²) >= 11 is 6.07. The number of amides is 3. The molecule has 0 bridgehead atoms. The van der Waals surface area contributed by atoms with E-state index < -0.39 is 35.3 Å². The minimum Gasteiger partial charge on any atom is -0.481 e. The van der Waals surface area contributed by atoms with Crippen LogP contribution in [0, 0.1) is 29.1 Å². The fraction of sp³-hybridized carbons (Fsp3) is 0.400. The molecule has 1 aromatic heterocycles. The normalized spacial score (nSPS) is 18.3. The smallest absolute Gasteiger partial charge is 0.331 e. The van der Waals surface area contributed by atoms with Crippen molar-refractivity contribution in [1.29, 1.82) is 5.26 Å². The zero-order valence-corrected chi connectivity index (χ0v) is 24.4. The van der Waals surface area contributed by atoms with Crippen LogP contribution in [0.25, 0.3) is 10.9 Å². The van der Waals surface area contributed by atoms with Gasteiger partial charge >= 0.3 is 17.7 Å². The van der Waals surface area contributed by atoms with Crippen molar-refractivity contribution in [3.8, 4) is 6.07 Å². The number of aliphatic carboxylic acids is 1. The number of carbonyl (C=O) groups is 3. The van der Waals surface area contributed by atoms with Crippen LogP contribution in [0.5, 0.6) is 0 Å². The third kappa shape index (κ3) is 6.27. The lowest BCUT2D eigenvalue weighted by Crippen LogP contribution is -2.50. The fourth-order valence-electron chi connectivity index (χ4n) is 5.44. The summed E-state index contributed by atoms with van der Waals surface area (Å²) < 4.78 is 2.83. The third-order valence-corrected chi connectivity index (χ3v) is 8.20. The second-order valence-electron chi connectivity index (χ2n) is 11.4. The van der Waals surface area contributed by atoms with Crippen LogP contribution in [-0.4, -0.2) is 50.1 Å². The Balaban J connectivity index is 1.38. The number of nitriles is 1. The van der Waals surface area contributed by atoms with Crippen molar-refractivity contribution in [2.24, 2.45) is 17.8 Å². The second-order valence-corrected chi connectivity index (χ2v) is 11.8. The first-order valence-corrected chi connectivity index (χ1v) is 14.4. The number of benzene rings is 2. The Labute approximate surface area is 251 Å². The van der Waals surface area contributed by atoms with Crippen LogP contribution in [0.2, 0.25) is 5.02 Å². The lowest BCUT2D eigenvalue weighted by Gasteiger charge is -2.35. The van der Waals surface area contributed by atoms with Crippen molar-refractivity contribution in [1.82, 2.24) is 14.0 Å². The van der Waals surface area contributed by atoms with Gasteiger partial charge in [0.15, 0.2) is 0 Å². The Bertz CT molecular complexity index is 1790. The monoisotopic (exact) mass is 606 g/mol. The predicted molar refractivity (Wildman–Crippen MR) is 160 cm³/mol. The molecule has 43 heavy (non-hydrogen) atoms. The Morgan fingerprint density at radius 1 is 1.05 bits per heavy atom. The SMILES string of the molecule is CC(C)n1c(=O)n(CC2CC2)c(=O)c2cc(NC(=O)N3C[C@@H](C(=O)O)C[C@@H](C(=O)Nc4ccc(C#N)c(Cl)c4)C3)ccc21. The largest absolute Gasteiger partial charge is 0.481 e. The Hall–Kier alpha value is -4.63. The summed E-state index contributed by atoms with van der Waals surface area (Å²) in [5.41, 5.74) is 0.547. The van der Waals surface area contributed by atoms with E-state index in [4.69, 9.17) is 16.9 Å². The highest BCUT2D eigenvalue weighted by Crippen LogP contribution is 2.30. The highest BCUT2D eigenvalue weighted by molar-refractivity contribution is 6.32. The van der Waals surface area contributed by atoms with Gasteiger partial charge in [0.05, 0.1) is 33.3 Å². The molecule has 3 aromatic rings. The van der Waals surface area contributed by atoms with Crippen LogP contribution in [0.3, 0.4) is 0 Å². The minimum absolute atomic E-state index is 0.0260. The summed E-state index contributed by atoms with van der Waals surface area (Å²) in [6.45, 7) is 3.92. The maximum absolute atomic E-state index is 13.4. The second kappa shape index (κ2) is 11.9. The minimum atomic E-state index is -1.13. The van der Waals surface area contributed by atoms with Gasteiger partial charge in [0.2, 0.25) is 5.91 Å². The summed E-state index contributed by atoms with van der Waals surface area (Å²) in [6.07, 6.45) is 1.96. The molecule has 0 unspecified atom stereocenters. The molecule has 1 aliphatic carbocycles. The Morgan fingerprint density at radius 3 is 2.35 bits per heavy atom. The quantitative estimate of drug-likeness (QED) is 0.367. The Morgan fingerprint density at radius 2 is 1.72 bits per heavy atom. The molecular formula is C30H31ClN6O6. The number of hydrogen-bond acceptors (Lipinski definition) is 6. The van der Waals surface area contributed by atoms with Crippen molar-refractivity contribution < 1.29 is 19.5 Å². The molecule has 1 saturated carbocycles. The van der Waals surface area contributed by atoms with Gasteiger partial charge in [-0.1, -0.05) is 11.6 Å². The van der Waals surface area contributed by atoms with Gasteiger partial charge < -0.3 is 20.6 Å². The molecule has 1 saturated heterocycles. The van der Waals surface area contributed by atoms with Crippen LogP contribution < -0.4 is 21.9 Å². The van der Waals surface area contributed by atoms with E-state index in [9.17, 15) is 29.1 Å². The molecule has 3 amide bonds. The van der Waals surface area contributed by atoms with Gasteiger partial charge in [-0.2, -0.15) is 5.26 Å². The number of aromatic nitrogens is 2. The summed E-state index contributed by atoms with van der Waals surface area (Å²) in [5.74, 6) is -3.14. The van der Waals surface area contributed by atoms with Crippen LogP contribution in [0.4, 0.5) is 16.2 Å². The van der Waals surface area contributed by atoms with E-state index in [0.29, 0.717) is 29.4 Å². The van der Waals surface area contributed by atoms with Gasteiger partial charge in [-0.25, -0.2) is 9.59 Å². The summed E-state index contributed by atoms with van der Waals surface area (Å²) in [6, 6.07) is 10.2. The fourth-order valence-corrected chi connectivity index (χ4v) is 5.67. The molecule has 12 nitrogen and oxygen atoms in total. The first-order chi connectivity index (χ1) is 20.5. The van der Waals surface area contributed by atoms with Gasteiger partial charge in [-0.3, -0.25) is 23.5 Å². The van der Waals surface area contributed by atoms with Crippen LogP contribution in [0.15, 0.2) is 46.0 Å². The zero-order chi connectivity index (χ0) is 31.0. The number of carboxylic acids is 1. The van der Waals surface area contributed by atoms with E-state index >= 15 is 0 Å². The number of likely N-dealkylation sites (tertiary alicyclic amines) is 1. The first-order valence-electron chi connectivity index (χ1n) is 14.0. The first kappa shape index (κ1) is 29.8. The Kier molecular flexibility index (Phi) is 8.28. The maximum atomic E-state index is 13.4. The molecule has 2 atom stereocenters. The molecule has 3 N–H and O–H groups in total. The molecule has 5 rings (SSSR count). The van der Waals surface area contributed by atoms with Crippen molar-refractivity contribution in [3.63, 3.8) is 0 Å². The van der Waals surface area contributed by atoms with Crippen LogP contribution in [0.1, 0.15) is 44.7 Å². The van der Waals surface area contributed by atoms with Crippen LogP contribution >= 0.6 is 11.6 Å². The maximum Gasteiger partial charge on any atom is 0.331 e. The molecule has 13 heteroatoms. The van der Waals surface area contributed by atoms with Crippen molar-refractivity contribution >= 4 is 51.8 Å². The molecule has 2 aromatic carbocycles. The number of hydrogen-bond donors (Lipinski definition) is 3. The number of nitrogens with zero attached hydrogens (tertiary/aromatic N) is 4. The number of nitrogens with one attached hydrogen (secondary N) is 2. The highest BCUT2D eigenvalue weighted by Gasteiger charge is 2.37. The molecule has 0 radical (unpaired) electrons. The standard InChI is InChI=1S/C30H31ClN6O6/c1-16(2)37-25-8-7-21(10-23(25)27(39)36(30(37)43)13-17-3-4-17)34-29(42)35-14-19(9-20(15-35)28(40)41)26(38)33-22-6-5-18(12-32)24(31)11-22/h5-8,10-11,16-17,19-20H,3-4,9,13-15H2,1-2H3,(H,33,38)(H,34,42)(H,40,41)/t19-,20+/m1/s1. The molecule has 0 spiro atoms. The summed E-state index contributed by atoms with van der Waals surface area (Å²) in [7, 11) is 0. The van der Waals surface area contributed by atoms with Crippen molar-refractivity contribution in [2.75, 3.05) is 23.7 Å². The molecular weight excluding hydrogens is 576 g/mol. The molecule has 1 aliphatic heterocycles. The van der Waals surface area contributed by atoms with E-state index in [1.165, 1.54) is 33.7 Å². The number of carboxylic acid groups (broad SMARTS) is 1. The van der Waals surface area contributed by atoms with E-state index in [0.717, 1.165) is 12.8 Å². The molecule has 2 fully saturated rings. The zero-order valence-electron chi connectivity index (χ0n) is 23.7. The number of urea groups is 1. The average molecular weight is 607 g/mol. The highest BCUT2D eigenvalue weighted by atomic mass is 35.5. The summed E-state index contributed by atoms with van der Waals surface area (Å²) in [5, 5.41) is 24.7. The van der Waals surface area contributed by atoms with Gasteiger partial charge in [0, 0.05) is 37.1 Å². The predicted octanol–water partition coefficient (Wildman–Crippen LogP) is 3.87. The van der Waals surface area contributed by atoms with Gasteiger partial charge in [0.1, 0.15) is 6.07 Å². The van der Waals surface area contributed by atoms with E-state index in [2.05, 4.69) is 10.6 Å². The number of halogens is 1. The number of piperidine rings is 1. The van der Waals surface area contributed by atoms with E-state index in [-0.39, 0.29) is 47.2 Å². The van der Waals surface area contributed by atoms with Crippen molar-refractivity contribution in [3.05, 3.63) is 67.8 Å².